The van der Waals surface area contributed by atoms with Crippen LogP contribution in [0.15, 0.2) is 36.5 Å². The van der Waals surface area contributed by atoms with Crippen LogP contribution in [0.25, 0.3) is 0 Å². The molecule has 1 unspecified atom stereocenters. The first-order valence-electron chi connectivity index (χ1n) is 18.2. The second-order valence-electron chi connectivity index (χ2n) is 12.9. The van der Waals surface area contributed by atoms with Crippen LogP contribution in [-0.2, 0) is 28.2 Å². The standard InChI is InChI=1S/C37H67O9P/c1-4-5-6-7-8-9-10-11-12-13-17-20-23-27-34(38)28-25-30-37(40)46-35(32-45-47(41,42)43)31-44-36(39)29-24-21-18-15-14-16-19-22-26-33(2)3/h11-12,17,20,23,27,33-35,38H,4-10,13-16,18-19,21-22,24-26,28-32H2,1-3H3,(H2,41,42,43)/b12-11+,20-17+,27-23+/t34?,35-/m1/s1. The molecule has 0 heterocycles. The van der Waals surface area contributed by atoms with E-state index in [1.807, 2.05) is 12.2 Å². The first-order chi connectivity index (χ1) is 22.5. The number of phosphoric acid groups is 1. The summed E-state index contributed by atoms with van der Waals surface area (Å²) in [6, 6.07) is 0. The fourth-order valence-corrected chi connectivity index (χ4v) is 5.28. The van der Waals surface area contributed by atoms with Crippen LogP contribution in [0.4, 0.5) is 0 Å². The van der Waals surface area contributed by atoms with Crippen molar-refractivity contribution in [3.63, 3.8) is 0 Å². The Morgan fingerprint density at radius 1 is 0.702 bits per heavy atom. The number of allylic oxidation sites excluding steroid dienone is 5. The van der Waals surface area contributed by atoms with Gasteiger partial charge in [-0.05, 0) is 44.4 Å². The molecule has 0 aromatic rings. The van der Waals surface area contributed by atoms with Crippen molar-refractivity contribution in [3.8, 4) is 0 Å². The van der Waals surface area contributed by atoms with Crippen molar-refractivity contribution in [2.45, 2.75) is 168 Å². The maximum atomic E-state index is 12.3. The molecule has 0 saturated heterocycles. The van der Waals surface area contributed by atoms with E-state index in [2.05, 4.69) is 37.4 Å². The molecule has 274 valence electrons. The molecule has 9 nitrogen and oxygen atoms in total. The summed E-state index contributed by atoms with van der Waals surface area (Å²) in [5.74, 6) is -0.323. The van der Waals surface area contributed by atoms with Crippen LogP contribution in [0.2, 0.25) is 0 Å². The van der Waals surface area contributed by atoms with Gasteiger partial charge >= 0.3 is 19.8 Å². The molecule has 0 aliphatic heterocycles. The molecule has 0 rings (SSSR count). The third kappa shape index (κ3) is 35.4. The van der Waals surface area contributed by atoms with Gasteiger partial charge in [0.2, 0.25) is 0 Å². The molecular formula is C37H67O9P. The number of carbonyl (C=O) groups excluding carboxylic acids is 2. The van der Waals surface area contributed by atoms with Crippen molar-refractivity contribution >= 4 is 19.8 Å². The Labute approximate surface area is 285 Å². The molecule has 10 heteroatoms. The van der Waals surface area contributed by atoms with Crippen molar-refractivity contribution in [1.82, 2.24) is 0 Å². The zero-order valence-corrected chi connectivity index (χ0v) is 30.6. The number of aliphatic hydroxyl groups is 1. The number of hydrogen-bond acceptors (Lipinski definition) is 7. The highest BCUT2D eigenvalue weighted by Gasteiger charge is 2.23. The van der Waals surface area contributed by atoms with Crippen LogP contribution in [0.1, 0.15) is 156 Å². The largest absolute Gasteiger partial charge is 0.469 e. The summed E-state index contributed by atoms with van der Waals surface area (Å²) in [7, 11) is -4.80. The van der Waals surface area contributed by atoms with Crippen molar-refractivity contribution in [3.05, 3.63) is 36.5 Å². The Morgan fingerprint density at radius 3 is 1.98 bits per heavy atom. The van der Waals surface area contributed by atoms with E-state index in [-0.39, 0.29) is 19.4 Å². The third-order valence-corrected chi connectivity index (χ3v) is 8.18. The van der Waals surface area contributed by atoms with E-state index in [1.54, 1.807) is 12.2 Å². The molecule has 47 heavy (non-hydrogen) atoms. The highest BCUT2D eigenvalue weighted by atomic mass is 31.2. The second kappa shape index (κ2) is 31.5. The molecule has 3 N–H and O–H groups in total. The van der Waals surface area contributed by atoms with Gasteiger partial charge in [-0.15, -0.1) is 0 Å². The average molecular weight is 687 g/mol. The van der Waals surface area contributed by atoms with Crippen molar-refractivity contribution < 1.29 is 43.0 Å². The molecule has 0 aromatic carbocycles. The fraction of sp³-hybridized carbons (Fsp3) is 0.784. The first kappa shape index (κ1) is 45.2. The summed E-state index contributed by atoms with van der Waals surface area (Å²) < 4.78 is 26.1. The van der Waals surface area contributed by atoms with E-state index in [4.69, 9.17) is 19.3 Å². The summed E-state index contributed by atoms with van der Waals surface area (Å²) in [5, 5.41) is 10.2. The molecule has 0 radical (unpaired) electrons. The van der Waals surface area contributed by atoms with E-state index in [9.17, 15) is 19.3 Å². The molecule has 0 amide bonds. The highest BCUT2D eigenvalue weighted by Crippen LogP contribution is 2.36. The molecule has 0 aliphatic carbocycles. The number of rotatable bonds is 32. The molecule has 0 aromatic heterocycles. The molecule has 0 spiro atoms. The Morgan fingerprint density at radius 2 is 1.32 bits per heavy atom. The van der Waals surface area contributed by atoms with E-state index in [1.165, 1.54) is 70.6 Å². The minimum Gasteiger partial charge on any atom is -0.462 e. The number of esters is 2. The summed E-state index contributed by atoms with van der Waals surface area (Å²) in [5.41, 5.74) is 0. The lowest BCUT2D eigenvalue weighted by molar-refractivity contribution is -0.161. The molecule has 0 bridgehead atoms. The molecule has 2 atom stereocenters. The van der Waals surface area contributed by atoms with Crippen LogP contribution >= 0.6 is 7.82 Å². The molecule has 0 aliphatic rings. The Kier molecular flexibility index (Phi) is 30.3. The van der Waals surface area contributed by atoms with Gasteiger partial charge in [-0.1, -0.05) is 141 Å². The van der Waals surface area contributed by atoms with Gasteiger partial charge in [0.15, 0.2) is 6.10 Å². The lowest BCUT2D eigenvalue weighted by atomic mass is 10.0. The maximum absolute atomic E-state index is 12.3. The van der Waals surface area contributed by atoms with Crippen LogP contribution in [-0.4, -0.2) is 52.3 Å². The lowest BCUT2D eigenvalue weighted by Gasteiger charge is -2.18. The lowest BCUT2D eigenvalue weighted by Crippen LogP contribution is -2.29. The van der Waals surface area contributed by atoms with Gasteiger partial charge in [0.25, 0.3) is 0 Å². The minimum atomic E-state index is -4.80. The first-order valence-corrected chi connectivity index (χ1v) is 19.8. The number of unbranched alkanes of at least 4 members (excludes halogenated alkanes) is 13. The SMILES string of the molecule is CCCCCCCC/C=C/C/C=C/C=C/C(O)CCCC(=O)O[C@H](COC(=O)CCCCCCCCCCC(C)C)COP(=O)(O)O. The molecule has 0 fully saturated rings. The highest BCUT2D eigenvalue weighted by molar-refractivity contribution is 7.46. The third-order valence-electron chi connectivity index (χ3n) is 7.69. The maximum Gasteiger partial charge on any atom is 0.469 e. The number of carbonyl (C=O) groups is 2. The number of phosphoric ester groups is 1. The van der Waals surface area contributed by atoms with Crippen LogP contribution in [0.3, 0.4) is 0 Å². The van der Waals surface area contributed by atoms with Crippen molar-refractivity contribution in [1.29, 1.82) is 0 Å². The average Bonchev–Trinajstić information content (AvgIpc) is 3.01. The molecular weight excluding hydrogens is 619 g/mol. The number of hydrogen-bond donors (Lipinski definition) is 3. The zero-order valence-electron chi connectivity index (χ0n) is 29.7. The second-order valence-corrected chi connectivity index (χ2v) is 14.1. The predicted molar refractivity (Wildman–Crippen MR) is 190 cm³/mol. The van der Waals surface area contributed by atoms with Gasteiger partial charge in [0.1, 0.15) is 6.61 Å². The van der Waals surface area contributed by atoms with Crippen LogP contribution in [0, 0.1) is 5.92 Å². The summed E-state index contributed by atoms with van der Waals surface area (Å²) >= 11 is 0. The van der Waals surface area contributed by atoms with Crippen molar-refractivity contribution in [2.75, 3.05) is 13.2 Å². The van der Waals surface area contributed by atoms with Gasteiger partial charge < -0.3 is 24.4 Å². The normalized spacial score (nSPS) is 13.7. The van der Waals surface area contributed by atoms with Crippen molar-refractivity contribution in [2.24, 2.45) is 5.92 Å². The fourth-order valence-electron chi connectivity index (χ4n) is 4.92. The summed E-state index contributed by atoms with van der Waals surface area (Å²) in [4.78, 5) is 42.6. The van der Waals surface area contributed by atoms with Gasteiger partial charge in [-0.25, -0.2) is 4.57 Å². The van der Waals surface area contributed by atoms with E-state index >= 15 is 0 Å². The monoisotopic (exact) mass is 686 g/mol. The Balaban J connectivity index is 4.20. The van der Waals surface area contributed by atoms with Crippen LogP contribution < -0.4 is 0 Å². The number of ether oxygens (including phenoxy) is 2. The van der Waals surface area contributed by atoms with Gasteiger partial charge in [0, 0.05) is 12.8 Å². The van der Waals surface area contributed by atoms with E-state index in [0.717, 1.165) is 38.0 Å². The van der Waals surface area contributed by atoms with Crippen LogP contribution in [0.5, 0.6) is 0 Å². The smallest absolute Gasteiger partial charge is 0.462 e. The predicted octanol–water partition coefficient (Wildman–Crippen LogP) is 9.45. The molecule has 0 saturated carbocycles. The van der Waals surface area contributed by atoms with Gasteiger partial charge in [-0.2, -0.15) is 0 Å². The van der Waals surface area contributed by atoms with E-state index < -0.39 is 38.6 Å². The van der Waals surface area contributed by atoms with Gasteiger partial charge in [0.05, 0.1) is 12.7 Å². The number of aliphatic hydroxyl groups excluding tert-OH is 1. The quantitative estimate of drug-likeness (QED) is 0.0208. The Hall–Kier alpha value is -1.77. The minimum absolute atomic E-state index is 0.0117. The zero-order chi connectivity index (χ0) is 35.0. The summed E-state index contributed by atoms with van der Waals surface area (Å²) in [6.07, 6.45) is 30.6. The van der Waals surface area contributed by atoms with Gasteiger partial charge in [-0.3, -0.25) is 14.1 Å². The van der Waals surface area contributed by atoms with E-state index in [0.29, 0.717) is 19.3 Å². The summed E-state index contributed by atoms with van der Waals surface area (Å²) in [6.45, 7) is 5.77. The topological polar surface area (TPSA) is 140 Å². The Bertz CT molecular complexity index is 894.